The minimum absolute atomic E-state index is 0.261. The van der Waals surface area contributed by atoms with E-state index in [-0.39, 0.29) is 5.92 Å². The second-order valence-corrected chi connectivity index (χ2v) is 8.06. The molecule has 0 unspecified atom stereocenters. The number of hydrogen-bond acceptors (Lipinski definition) is 3. The van der Waals surface area contributed by atoms with Crippen LogP contribution in [-0.2, 0) is 6.54 Å². The third kappa shape index (κ3) is 2.73. The van der Waals surface area contributed by atoms with E-state index < -0.39 is 14.8 Å². The van der Waals surface area contributed by atoms with Crippen LogP contribution in [0, 0.1) is 5.92 Å². The maximum Gasteiger partial charge on any atom is 0.121 e. The molecule has 1 N–H and O–H groups in total. The van der Waals surface area contributed by atoms with E-state index >= 15 is 0 Å². The molecule has 2 saturated carbocycles. The van der Waals surface area contributed by atoms with Crippen molar-refractivity contribution in [3.63, 3.8) is 0 Å². The van der Waals surface area contributed by atoms with Crippen molar-refractivity contribution in [2.75, 3.05) is 0 Å². The molecule has 2 fully saturated rings. The highest BCUT2D eigenvalue weighted by Gasteiger charge is 2.59. The van der Waals surface area contributed by atoms with Crippen molar-refractivity contribution in [1.29, 1.82) is 0 Å². The van der Waals surface area contributed by atoms with E-state index in [9.17, 15) is 5.11 Å². The number of rotatable bonds is 6. The van der Waals surface area contributed by atoms with E-state index in [1.54, 1.807) is 17.1 Å². The van der Waals surface area contributed by atoms with Gasteiger partial charge in [-0.25, -0.2) is 4.68 Å². The molecular formula is C12H16Cl3N3O. The third-order valence-electron chi connectivity index (χ3n) is 4.28. The Kier molecular flexibility index (Phi) is 3.29. The summed E-state index contributed by atoms with van der Waals surface area (Å²) in [5.41, 5.74) is -0.977. The Labute approximate surface area is 127 Å². The summed E-state index contributed by atoms with van der Waals surface area (Å²) in [7, 11) is 0. The SMILES string of the molecule is O[C@](CC[C@H]1CC1(Cl)Cl)(Cn1ccnn1)C1(Cl)CC1. The Hall–Kier alpha value is -0.0300. The number of nitrogens with zero attached hydrogens (tertiary/aromatic N) is 3. The molecule has 1 aromatic rings. The lowest BCUT2D eigenvalue weighted by Gasteiger charge is -2.33. The van der Waals surface area contributed by atoms with Crippen LogP contribution in [0.15, 0.2) is 12.4 Å². The first-order chi connectivity index (χ1) is 8.85. The van der Waals surface area contributed by atoms with Gasteiger partial charge in [-0.2, -0.15) is 0 Å². The molecule has 0 aliphatic heterocycles. The van der Waals surface area contributed by atoms with E-state index in [1.807, 2.05) is 0 Å². The zero-order valence-electron chi connectivity index (χ0n) is 10.4. The van der Waals surface area contributed by atoms with Gasteiger partial charge in [0.2, 0.25) is 0 Å². The fourth-order valence-corrected chi connectivity index (χ4v) is 3.44. The highest BCUT2D eigenvalue weighted by molar-refractivity contribution is 6.50. The normalized spacial score (nSPS) is 29.8. The van der Waals surface area contributed by atoms with Gasteiger partial charge in [0.1, 0.15) is 9.93 Å². The second-order valence-electron chi connectivity index (χ2n) is 5.80. The lowest BCUT2D eigenvalue weighted by atomic mass is 9.90. The second kappa shape index (κ2) is 4.48. The van der Waals surface area contributed by atoms with E-state index in [1.165, 1.54) is 0 Å². The Morgan fingerprint density at radius 2 is 2.05 bits per heavy atom. The van der Waals surface area contributed by atoms with Crippen LogP contribution >= 0.6 is 34.8 Å². The first kappa shape index (κ1) is 13.9. The zero-order chi connectivity index (χ0) is 13.7. The quantitative estimate of drug-likeness (QED) is 0.819. The lowest BCUT2D eigenvalue weighted by molar-refractivity contribution is -0.00408. The molecular weight excluding hydrogens is 309 g/mol. The molecule has 3 rings (SSSR count). The summed E-state index contributed by atoms with van der Waals surface area (Å²) in [6.07, 6.45) is 7.16. The van der Waals surface area contributed by atoms with Crippen LogP contribution in [0.3, 0.4) is 0 Å². The monoisotopic (exact) mass is 323 g/mol. The van der Waals surface area contributed by atoms with Crippen molar-refractivity contribution in [3.05, 3.63) is 12.4 Å². The van der Waals surface area contributed by atoms with Crippen molar-refractivity contribution >= 4 is 34.8 Å². The minimum atomic E-state index is -0.977. The molecule has 0 radical (unpaired) electrons. The number of hydrogen-bond donors (Lipinski definition) is 1. The van der Waals surface area contributed by atoms with Gasteiger partial charge < -0.3 is 5.11 Å². The van der Waals surface area contributed by atoms with Gasteiger partial charge in [-0.3, -0.25) is 0 Å². The van der Waals surface area contributed by atoms with Gasteiger partial charge in [-0.1, -0.05) is 5.21 Å². The number of alkyl halides is 3. The Morgan fingerprint density at radius 1 is 1.37 bits per heavy atom. The summed E-state index contributed by atoms with van der Waals surface area (Å²) < 4.78 is 1.03. The molecule has 2 aliphatic rings. The predicted molar refractivity (Wildman–Crippen MR) is 74.6 cm³/mol. The molecule has 106 valence electrons. The third-order valence-corrected chi connectivity index (χ3v) is 5.94. The fourth-order valence-electron chi connectivity index (χ4n) is 2.60. The first-order valence-corrected chi connectivity index (χ1v) is 7.61. The number of aromatic nitrogens is 3. The van der Waals surface area contributed by atoms with Crippen molar-refractivity contribution in [1.82, 2.24) is 15.0 Å². The van der Waals surface area contributed by atoms with Crippen LogP contribution in [0.1, 0.15) is 32.1 Å². The van der Waals surface area contributed by atoms with E-state index in [0.717, 1.165) is 25.7 Å². The van der Waals surface area contributed by atoms with Gasteiger partial charge in [-0.05, 0) is 38.0 Å². The summed E-state index contributed by atoms with van der Waals surface area (Å²) in [4.78, 5) is -0.533. The van der Waals surface area contributed by atoms with Gasteiger partial charge in [0, 0.05) is 6.20 Å². The molecule has 0 aromatic carbocycles. The van der Waals surface area contributed by atoms with Crippen LogP contribution < -0.4 is 0 Å². The lowest BCUT2D eigenvalue weighted by Crippen LogP contribution is -2.45. The van der Waals surface area contributed by atoms with Crippen LogP contribution in [0.25, 0.3) is 0 Å². The highest BCUT2D eigenvalue weighted by atomic mass is 35.5. The van der Waals surface area contributed by atoms with Crippen LogP contribution in [-0.4, -0.2) is 34.9 Å². The first-order valence-electron chi connectivity index (χ1n) is 6.48. The summed E-state index contributed by atoms with van der Waals surface area (Å²) in [5.74, 6) is 0.261. The van der Waals surface area contributed by atoms with Gasteiger partial charge in [0.25, 0.3) is 0 Å². The van der Waals surface area contributed by atoms with Crippen molar-refractivity contribution < 1.29 is 5.11 Å². The molecule has 2 atom stereocenters. The number of aliphatic hydroxyl groups is 1. The summed E-state index contributed by atoms with van der Waals surface area (Å²) in [6.45, 7) is 0.362. The van der Waals surface area contributed by atoms with Crippen molar-refractivity contribution in [2.24, 2.45) is 5.92 Å². The van der Waals surface area contributed by atoms with Crippen LogP contribution in [0.2, 0.25) is 0 Å². The van der Waals surface area contributed by atoms with Crippen molar-refractivity contribution in [2.45, 2.75) is 53.5 Å². The van der Waals surface area contributed by atoms with E-state index in [2.05, 4.69) is 10.3 Å². The average molecular weight is 325 g/mol. The summed E-state index contributed by atoms with van der Waals surface area (Å²) in [6, 6.07) is 0. The maximum atomic E-state index is 10.9. The standard InChI is InChI=1S/C12H16Cl3N3O/c13-10(3-4-10)11(19,8-18-6-5-16-17-18)2-1-9-7-12(9,14)15/h5-6,9,19H,1-4,7-8H2/t9-,11+/m0/s1. The average Bonchev–Trinajstić information content (AvgIpc) is 3.14. The van der Waals surface area contributed by atoms with E-state index in [4.69, 9.17) is 34.8 Å². The predicted octanol–water partition coefficient (Wildman–Crippen LogP) is 2.75. The Bertz CT molecular complexity index is 461. The topological polar surface area (TPSA) is 50.9 Å². The highest BCUT2D eigenvalue weighted by Crippen LogP contribution is 2.58. The molecule has 1 aromatic heterocycles. The molecule has 0 spiro atoms. The van der Waals surface area contributed by atoms with Crippen molar-refractivity contribution in [3.8, 4) is 0 Å². The van der Waals surface area contributed by atoms with Gasteiger partial charge in [0.15, 0.2) is 0 Å². The van der Waals surface area contributed by atoms with Gasteiger partial charge in [-0.15, -0.1) is 39.9 Å². The molecule has 4 nitrogen and oxygen atoms in total. The van der Waals surface area contributed by atoms with Gasteiger partial charge in [0.05, 0.1) is 17.6 Å². The van der Waals surface area contributed by atoms with E-state index in [0.29, 0.717) is 13.0 Å². The molecule has 0 amide bonds. The fraction of sp³-hybridized carbons (Fsp3) is 0.833. The largest absolute Gasteiger partial charge is 0.386 e. The Balaban J connectivity index is 1.67. The molecule has 0 saturated heterocycles. The van der Waals surface area contributed by atoms with Crippen LogP contribution in [0.5, 0.6) is 0 Å². The smallest absolute Gasteiger partial charge is 0.121 e. The Morgan fingerprint density at radius 3 is 2.53 bits per heavy atom. The summed E-state index contributed by atoms with van der Waals surface area (Å²) >= 11 is 18.5. The molecule has 19 heavy (non-hydrogen) atoms. The van der Waals surface area contributed by atoms with Crippen LogP contribution in [0.4, 0.5) is 0 Å². The summed E-state index contributed by atoms with van der Waals surface area (Å²) in [5, 5.41) is 18.6. The molecule has 2 aliphatic carbocycles. The molecule has 1 heterocycles. The number of halogens is 3. The maximum absolute atomic E-state index is 10.9. The molecule has 0 bridgehead atoms. The molecule has 7 heteroatoms. The minimum Gasteiger partial charge on any atom is -0.386 e. The zero-order valence-corrected chi connectivity index (χ0v) is 12.7. The van der Waals surface area contributed by atoms with Gasteiger partial charge >= 0.3 is 0 Å².